The summed E-state index contributed by atoms with van der Waals surface area (Å²) < 4.78 is 0. The molecule has 0 spiro atoms. The first-order valence-corrected chi connectivity index (χ1v) is 5.62. The molecule has 0 aromatic heterocycles. The third-order valence-electron chi connectivity index (χ3n) is 3.86. The molecule has 0 amide bonds. The van der Waals surface area contributed by atoms with Gasteiger partial charge in [-0.3, -0.25) is 4.90 Å². The van der Waals surface area contributed by atoms with Gasteiger partial charge in [0.2, 0.25) is 0 Å². The van der Waals surface area contributed by atoms with E-state index in [1.54, 1.807) is 0 Å². The normalized spacial score (nSPS) is 38.1. The van der Waals surface area contributed by atoms with Gasteiger partial charge in [0, 0.05) is 19.1 Å². The third kappa shape index (κ3) is 1.75. The molecule has 2 heteroatoms. The first-order valence-electron chi connectivity index (χ1n) is 5.62. The molecule has 0 aromatic carbocycles. The molecule has 13 heavy (non-hydrogen) atoms. The number of aliphatic hydroxyl groups is 1. The van der Waals surface area contributed by atoms with Crippen LogP contribution in [0.3, 0.4) is 0 Å². The van der Waals surface area contributed by atoms with Gasteiger partial charge in [-0.1, -0.05) is 6.92 Å². The molecule has 1 saturated heterocycles. The van der Waals surface area contributed by atoms with Crippen molar-refractivity contribution in [2.24, 2.45) is 5.92 Å². The zero-order valence-corrected chi connectivity index (χ0v) is 8.79. The van der Waals surface area contributed by atoms with Gasteiger partial charge in [0.1, 0.15) is 0 Å². The molecule has 0 bridgehead atoms. The first-order chi connectivity index (χ1) is 6.15. The maximum absolute atomic E-state index is 10.3. The van der Waals surface area contributed by atoms with Crippen molar-refractivity contribution in [2.45, 2.75) is 51.2 Å². The molecule has 2 fully saturated rings. The summed E-state index contributed by atoms with van der Waals surface area (Å²) in [7, 11) is 0. The van der Waals surface area contributed by atoms with Crippen molar-refractivity contribution in [3.63, 3.8) is 0 Å². The molecule has 76 valence electrons. The van der Waals surface area contributed by atoms with Gasteiger partial charge in [-0.2, -0.15) is 0 Å². The average molecular weight is 183 g/mol. The SMILES string of the molecule is CCC(C)N1CCC(O)(C2CC2)C1. The van der Waals surface area contributed by atoms with Crippen LogP contribution in [0.5, 0.6) is 0 Å². The Hall–Kier alpha value is -0.0800. The number of hydrogen-bond acceptors (Lipinski definition) is 2. The molecule has 1 heterocycles. The van der Waals surface area contributed by atoms with Gasteiger partial charge < -0.3 is 5.11 Å². The van der Waals surface area contributed by atoms with Gasteiger partial charge in [-0.25, -0.2) is 0 Å². The summed E-state index contributed by atoms with van der Waals surface area (Å²) in [6, 6.07) is 0.646. The summed E-state index contributed by atoms with van der Waals surface area (Å²) in [5.74, 6) is 0.626. The zero-order valence-electron chi connectivity index (χ0n) is 8.79. The van der Waals surface area contributed by atoms with E-state index >= 15 is 0 Å². The Bertz CT molecular complexity index is 191. The summed E-state index contributed by atoms with van der Waals surface area (Å²) in [5.41, 5.74) is -0.316. The summed E-state index contributed by atoms with van der Waals surface area (Å²) in [5, 5.41) is 10.3. The zero-order chi connectivity index (χ0) is 9.47. The smallest absolute Gasteiger partial charge is 0.0814 e. The minimum Gasteiger partial charge on any atom is -0.388 e. The Kier molecular flexibility index (Phi) is 2.37. The van der Waals surface area contributed by atoms with Crippen LogP contribution >= 0.6 is 0 Å². The van der Waals surface area contributed by atoms with Crippen molar-refractivity contribution >= 4 is 0 Å². The second kappa shape index (κ2) is 3.25. The lowest BCUT2D eigenvalue weighted by molar-refractivity contribution is 0.0230. The van der Waals surface area contributed by atoms with E-state index < -0.39 is 0 Å². The second-order valence-corrected chi connectivity index (χ2v) is 4.86. The molecular formula is C11H21NO. The fourth-order valence-electron chi connectivity index (χ4n) is 2.44. The lowest BCUT2D eigenvalue weighted by Gasteiger charge is -2.26. The predicted molar refractivity (Wildman–Crippen MR) is 53.6 cm³/mol. The highest BCUT2D eigenvalue weighted by atomic mass is 16.3. The highest BCUT2D eigenvalue weighted by Gasteiger charge is 2.48. The molecule has 1 aliphatic carbocycles. The van der Waals surface area contributed by atoms with Crippen molar-refractivity contribution in [3.05, 3.63) is 0 Å². The van der Waals surface area contributed by atoms with E-state index in [0.29, 0.717) is 12.0 Å². The van der Waals surface area contributed by atoms with E-state index in [-0.39, 0.29) is 5.60 Å². The average Bonchev–Trinajstić information content (AvgIpc) is 2.90. The molecule has 2 rings (SSSR count). The van der Waals surface area contributed by atoms with Crippen LogP contribution in [0.1, 0.15) is 39.5 Å². The van der Waals surface area contributed by atoms with E-state index in [1.165, 1.54) is 19.3 Å². The van der Waals surface area contributed by atoms with Crippen molar-refractivity contribution in [3.8, 4) is 0 Å². The molecule has 2 unspecified atom stereocenters. The molecular weight excluding hydrogens is 162 g/mol. The lowest BCUT2D eigenvalue weighted by Crippen LogP contribution is -2.38. The van der Waals surface area contributed by atoms with Crippen molar-refractivity contribution < 1.29 is 5.11 Å². The van der Waals surface area contributed by atoms with Crippen LogP contribution < -0.4 is 0 Å². The minimum absolute atomic E-state index is 0.316. The maximum atomic E-state index is 10.3. The predicted octanol–water partition coefficient (Wildman–Crippen LogP) is 1.63. The van der Waals surface area contributed by atoms with E-state index in [0.717, 1.165) is 19.5 Å². The van der Waals surface area contributed by atoms with Crippen LogP contribution in [0, 0.1) is 5.92 Å². The van der Waals surface area contributed by atoms with Crippen molar-refractivity contribution in [1.29, 1.82) is 0 Å². The summed E-state index contributed by atoms with van der Waals surface area (Å²) in [6.45, 7) is 6.51. The highest BCUT2D eigenvalue weighted by Crippen LogP contribution is 2.44. The van der Waals surface area contributed by atoms with Crippen LogP contribution in [0.25, 0.3) is 0 Å². The van der Waals surface area contributed by atoms with Crippen LogP contribution in [-0.2, 0) is 0 Å². The molecule has 0 aromatic rings. The molecule has 1 N–H and O–H groups in total. The van der Waals surface area contributed by atoms with Gasteiger partial charge in [0.15, 0.2) is 0 Å². The monoisotopic (exact) mass is 183 g/mol. The number of rotatable bonds is 3. The number of hydrogen-bond donors (Lipinski definition) is 1. The largest absolute Gasteiger partial charge is 0.388 e. The molecule has 0 radical (unpaired) electrons. The highest BCUT2D eigenvalue weighted by molar-refractivity contribution is 5.01. The lowest BCUT2D eigenvalue weighted by atomic mass is 9.97. The molecule has 2 nitrogen and oxygen atoms in total. The number of likely N-dealkylation sites (tertiary alicyclic amines) is 1. The number of nitrogens with zero attached hydrogens (tertiary/aromatic N) is 1. The standard InChI is InChI=1S/C11H21NO/c1-3-9(2)12-7-6-11(13,8-12)10-4-5-10/h9-10,13H,3-8H2,1-2H3. The van der Waals surface area contributed by atoms with Gasteiger partial charge in [-0.05, 0) is 38.5 Å². The minimum atomic E-state index is -0.316. The Morgan fingerprint density at radius 3 is 2.77 bits per heavy atom. The van der Waals surface area contributed by atoms with Crippen molar-refractivity contribution in [1.82, 2.24) is 4.90 Å². The Balaban J connectivity index is 1.92. The Morgan fingerprint density at radius 1 is 1.54 bits per heavy atom. The topological polar surface area (TPSA) is 23.5 Å². The van der Waals surface area contributed by atoms with E-state index in [2.05, 4.69) is 18.7 Å². The first kappa shape index (κ1) is 9.47. The quantitative estimate of drug-likeness (QED) is 0.719. The number of β-amino-alcohol motifs (C(OH)–C–C–N with tert-alkyl or cyclic N) is 1. The summed E-state index contributed by atoms with van der Waals surface area (Å²) in [6.07, 6.45) is 4.71. The summed E-state index contributed by atoms with van der Waals surface area (Å²) in [4.78, 5) is 2.44. The van der Waals surface area contributed by atoms with Gasteiger partial charge in [-0.15, -0.1) is 0 Å². The summed E-state index contributed by atoms with van der Waals surface area (Å²) >= 11 is 0. The van der Waals surface area contributed by atoms with Crippen molar-refractivity contribution in [2.75, 3.05) is 13.1 Å². The maximum Gasteiger partial charge on any atom is 0.0814 e. The van der Waals surface area contributed by atoms with Gasteiger partial charge >= 0.3 is 0 Å². The Labute approximate surface area is 80.9 Å². The Morgan fingerprint density at radius 2 is 2.23 bits per heavy atom. The fraction of sp³-hybridized carbons (Fsp3) is 1.00. The van der Waals surface area contributed by atoms with Crippen LogP contribution in [0.2, 0.25) is 0 Å². The molecule has 2 atom stereocenters. The molecule has 1 aliphatic heterocycles. The van der Waals surface area contributed by atoms with Crippen LogP contribution in [-0.4, -0.2) is 34.7 Å². The van der Waals surface area contributed by atoms with Gasteiger partial charge in [0.05, 0.1) is 5.60 Å². The fourth-order valence-corrected chi connectivity index (χ4v) is 2.44. The molecule has 1 saturated carbocycles. The van der Waals surface area contributed by atoms with Gasteiger partial charge in [0.25, 0.3) is 0 Å². The third-order valence-corrected chi connectivity index (χ3v) is 3.86. The van der Waals surface area contributed by atoms with E-state index in [4.69, 9.17) is 0 Å². The van der Waals surface area contributed by atoms with E-state index in [1.807, 2.05) is 0 Å². The van der Waals surface area contributed by atoms with Crippen LogP contribution in [0.4, 0.5) is 0 Å². The molecule has 2 aliphatic rings. The van der Waals surface area contributed by atoms with E-state index in [9.17, 15) is 5.11 Å². The second-order valence-electron chi connectivity index (χ2n) is 4.86. The van der Waals surface area contributed by atoms with Crippen LogP contribution in [0.15, 0.2) is 0 Å².